The van der Waals surface area contributed by atoms with Gasteiger partial charge in [0.05, 0.1) is 0 Å². The largest absolute Gasteiger partial charge is 0.457 e. The summed E-state index contributed by atoms with van der Waals surface area (Å²) < 4.78 is 6.55. The zero-order chi connectivity index (χ0) is 50.6. The maximum Gasteiger partial charge on any atom is 0.128 e. The third-order valence-electron chi connectivity index (χ3n) is 13.3. The van der Waals surface area contributed by atoms with Crippen LogP contribution in [0.25, 0.3) is 88.0 Å². The predicted octanol–water partition coefficient (Wildman–Crippen LogP) is -16.4. The Hall–Kier alpha value is -4.36. The molecule has 0 aliphatic rings. The minimum absolute atomic E-state index is 0.00524. The van der Waals surface area contributed by atoms with Crippen molar-refractivity contribution in [1.29, 1.82) is 0 Å². The van der Waals surface area contributed by atoms with Crippen molar-refractivity contribution in [2.24, 2.45) is 0 Å². The molecule has 1 heterocycles. The summed E-state index contributed by atoms with van der Waals surface area (Å²) in [5, 5.41) is 0.850. The zero-order valence-electron chi connectivity index (χ0n) is 36.6. The van der Waals surface area contributed by atoms with Gasteiger partial charge in [-0.15, -0.1) is 60.1 Å². The second-order valence-electron chi connectivity index (χ2n) is 16.8. The Bertz CT molecular complexity index is 3750. The molecule has 25 heteroatoms. The number of rotatable bonds is 4. The highest BCUT2D eigenvalue weighted by atomic mass is 16.3. The van der Waals surface area contributed by atoms with Crippen LogP contribution in [-0.4, -0.2) is 188 Å². The molecule has 8 aromatic carbocycles. The van der Waals surface area contributed by atoms with Crippen LogP contribution in [-0.2, 0) is 0 Å². The smallest absolute Gasteiger partial charge is 0.128 e. The highest BCUT2D eigenvalue weighted by Gasteiger charge is 2.30. The molecular formula is C44H4B24O. The summed E-state index contributed by atoms with van der Waals surface area (Å²) in [5.41, 5.74) is -0.125. The van der Waals surface area contributed by atoms with Gasteiger partial charge in [0.1, 0.15) is 199 Å². The van der Waals surface area contributed by atoms with Crippen molar-refractivity contribution in [3.63, 3.8) is 0 Å². The van der Waals surface area contributed by atoms with Crippen LogP contribution in [0, 0.1) is 0 Å². The molecular weight excluding hydrogens is 804 g/mol. The second kappa shape index (κ2) is 17.2. The minimum Gasteiger partial charge on any atom is -0.457 e. The van der Waals surface area contributed by atoms with Gasteiger partial charge >= 0.3 is 0 Å². The molecule has 69 heavy (non-hydrogen) atoms. The first-order valence-corrected chi connectivity index (χ1v) is 20.4. The summed E-state index contributed by atoms with van der Waals surface area (Å²) in [6.07, 6.45) is 0. The standard InChI is InChI=1S/C44H4B24O/c45-19-8(20(46)32(58)40(66)31(19)57)6-3-1-2-5(4-6)7-10-12(23(49)35(61)33(59)21(10)47)9(13-11(7)22(48)34(60)36(62)24(13)50)16-26(52)29(55)18-15-14(17-27(53)37(63)41(67)38(64)28(17)54)25(51)39(65)42(68)43(15)69-44(18)30(16)56/h1-4H. The molecule has 0 aliphatic carbocycles. The molecule has 0 bridgehead atoms. The monoisotopic (exact) mass is 812 g/mol. The zero-order valence-corrected chi connectivity index (χ0v) is 36.6. The Morgan fingerprint density at radius 2 is 0.478 bits per heavy atom. The summed E-state index contributed by atoms with van der Waals surface area (Å²) in [7, 11) is 160. The Kier molecular flexibility index (Phi) is 12.3. The van der Waals surface area contributed by atoms with E-state index < -0.39 is 0 Å². The summed E-state index contributed by atoms with van der Waals surface area (Å²) in [6, 6.07) is 6.88. The van der Waals surface area contributed by atoms with Gasteiger partial charge < -0.3 is 4.42 Å². The third kappa shape index (κ3) is 6.72. The van der Waals surface area contributed by atoms with Gasteiger partial charge in [0.2, 0.25) is 0 Å². The molecule has 0 fully saturated rings. The van der Waals surface area contributed by atoms with Gasteiger partial charge in [-0.3, -0.25) is 0 Å². The summed E-state index contributed by atoms with van der Waals surface area (Å²) in [5.74, 6) is 0. The van der Waals surface area contributed by atoms with Crippen LogP contribution in [0.1, 0.15) is 0 Å². The van der Waals surface area contributed by atoms with Crippen LogP contribution in [0.2, 0.25) is 0 Å². The highest BCUT2D eigenvalue weighted by Crippen LogP contribution is 2.41. The summed E-state index contributed by atoms with van der Waals surface area (Å²) in [4.78, 5) is 0. The van der Waals surface area contributed by atoms with E-state index in [9.17, 15) is 0 Å². The van der Waals surface area contributed by atoms with Crippen molar-refractivity contribution in [1.82, 2.24) is 0 Å². The molecule has 0 atom stereocenters. The maximum atomic E-state index is 7.27. The first kappa shape index (κ1) is 49.6. The lowest BCUT2D eigenvalue weighted by atomic mass is 9.57. The highest BCUT2D eigenvalue weighted by molar-refractivity contribution is 6.75. The van der Waals surface area contributed by atoms with Crippen LogP contribution in [0.15, 0.2) is 28.7 Å². The lowest BCUT2D eigenvalue weighted by molar-refractivity contribution is 0.675. The SMILES string of the molecule is [B]c1c([B])c([B])c(-c2cccc(-c3c4c([B])c([B])c([B])c([B])c4c(-c4c([B])c([B])c5c(oc6c([B])c([B])c([B])c(-c7c([B])c([B])c([B])c([B])c7[B])c65)c4[B])c4c([B])c([B])c([B])c([B])c34)c2)c([B])c1[B]. The Morgan fingerprint density at radius 3 is 0.913 bits per heavy atom. The molecule has 0 unspecified atom stereocenters. The van der Waals surface area contributed by atoms with Crippen molar-refractivity contribution in [3.05, 3.63) is 24.3 Å². The van der Waals surface area contributed by atoms with Gasteiger partial charge in [0, 0.05) is 10.8 Å². The van der Waals surface area contributed by atoms with E-state index >= 15 is 0 Å². The number of hydrogen-bond acceptors (Lipinski definition) is 1. The molecule has 48 radical (unpaired) electrons. The topological polar surface area (TPSA) is 13.1 Å². The van der Waals surface area contributed by atoms with Gasteiger partial charge in [-0.1, -0.05) is 83.8 Å². The van der Waals surface area contributed by atoms with E-state index in [2.05, 4.69) is 0 Å². The van der Waals surface area contributed by atoms with E-state index in [0.29, 0.717) is 16.7 Å². The third-order valence-corrected chi connectivity index (χ3v) is 13.3. The number of fused-ring (bicyclic) bond motifs is 5. The first-order valence-electron chi connectivity index (χ1n) is 20.4. The molecule has 1 aromatic heterocycles. The molecule has 0 aliphatic heterocycles. The van der Waals surface area contributed by atoms with Gasteiger partial charge in [-0.25, -0.2) is 0 Å². The fraction of sp³-hybridized carbons (Fsp3) is 0. The Labute approximate surface area is 433 Å². The van der Waals surface area contributed by atoms with Gasteiger partial charge in [0.25, 0.3) is 0 Å². The van der Waals surface area contributed by atoms with E-state index in [-0.39, 0.29) is 202 Å². The molecule has 0 amide bonds. The molecule has 9 aromatic rings. The van der Waals surface area contributed by atoms with Crippen LogP contribution >= 0.6 is 0 Å². The molecule has 9 rings (SSSR count). The van der Waals surface area contributed by atoms with Crippen LogP contribution < -0.4 is 131 Å². The fourth-order valence-corrected chi connectivity index (χ4v) is 9.49. The van der Waals surface area contributed by atoms with Crippen LogP contribution in [0.5, 0.6) is 0 Å². The average molecular weight is 808 g/mol. The first-order chi connectivity index (χ1) is 32.3. The minimum atomic E-state index is -0.163. The van der Waals surface area contributed by atoms with Gasteiger partial charge in [-0.05, 0) is 77.6 Å². The van der Waals surface area contributed by atoms with Crippen LogP contribution in [0.4, 0.5) is 0 Å². The van der Waals surface area contributed by atoms with Crippen molar-refractivity contribution in [2.45, 2.75) is 0 Å². The van der Waals surface area contributed by atoms with E-state index in [1.165, 1.54) is 0 Å². The molecule has 0 N–H and O–H groups in total. The van der Waals surface area contributed by atoms with Crippen molar-refractivity contribution in [3.8, 4) is 44.5 Å². The number of furan rings is 1. The van der Waals surface area contributed by atoms with Gasteiger partial charge in [-0.2, -0.15) is 0 Å². The predicted molar refractivity (Wildman–Crippen MR) is 320 cm³/mol. The van der Waals surface area contributed by atoms with E-state index in [4.69, 9.17) is 193 Å². The van der Waals surface area contributed by atoms with E-state index in [0.717, 1.165) is 0 Å². The maximum absolute atomic E-state index is 7.27. The summed E-state index contributed by atoms with van der Waals surface area (Å²) in [6.45, 7) is 0. The van der Waals surface area contributed by atoms with Crippen LogP contribution in [0.3, 0.4) is 0 Å². The lowest BCUT2D eigenvalue weighted by Crippen LogP contribution is -2.56. The average Bonchev–Trinajstić information content (AvgIpc) is 3.74. The molecule has 258 valence electrons. The molecule has 0 spiro atoms. The Morgan fingerprint density at radius 1 is 0.203 bits per heavy atom. The second-order valence-corrected chi connectivity index (χ2v) is 16.8. The van der Waals surface area contributed by atoms with Crippen molar-refractivity contribution in [2.75, 3.05) is 0 Å². The van der Waals surface area contributed by atoms with Gasteiger partial charge in [0.15, 0.2) is 0 Å². The molecule has 0 saturated heterocycles. The van der Waals surface area contributed by atoms with Crippen molar-refractivity contribution < 1.29 is 4.42 Å². The molecule has 1 nitrogen and oxygen atoms in total. The number of hydrogen-bond donors (Lipinski definition) is 0. The van der Waals surface area contributed by atoms with Crippen molar-refractivity contribution >= 4 is 363 Å². The number of benzene rings is 8. The fourth-order valence-electron chi connectivity index (χ4n) is 9.49. The quantitative estimate of drug-likeness (QED) is 0.128. The lowest BCUT2D eigenvalue weighted by Gasteiger charge is -2.30. The summed E-state index contributed by atoms with van der Waals surface area (Å²) >= 11 is 0. The molecule has 0 saturated carbocycles. The van der Waals surface area contributed by atoms with E-state index in [1.54, 1.807) is 24.3 Å². The normalized spacial score (nSPS) is 11.7. The van der Waals surface area contributed by atoms with E-state index in [1.807, 2.05) is 0 Å². The Balaban J connectivity index is 1.52.